The summed E-state index contributed by atoms with van der Waals surface area (Å²) < 4.78 is 24.9. The van der Waals surface area contributed by atoms with Gasteiger partial charge in [0.05, 0.1) is 0 Å². The summed E-state index contributed by atoms with van der Waals surface area (Å²) in [5, 5.41) is 10.8. The molecule has 1 aromatic rings. The van der Waals surface area contributed by atoms with E-state index < -0.39 is 24.0 Å². The largest absolute Gasteiger partial charge is 0.480 e. The van der Waals surface area contributed by atoms with Crippen LogP contribution in [0.5, 0.6) is 0 Å². The second-order valence-corrected chi connectivity index (χ2v) is 2.55. The Hall–Kier alpha value is -1.79. The SMILES string of the molecule is CC(Nc1cc(F)nc(F)n1)C(=O)O. The van der Waals surface area contributed by atoms with E-state index in [1.807, 2.05) is 0 Å². The molecule has 1 rings (SSSR count). The first-order valence-corrected chi connectivity index (χ1v) is 3.68. The van der Waals surface area contributed by atoms with Crippen LogP contribution in [-0.4, -0.2) is 27.1 Å². The number of nitrogens with zero attached hydrogens (tertiary/aromatic N) is 2. The number of aromatic nitrogens is 2. The lowest BCUT2D eigenvalue weighted by atomic mass is 10.3. The Balaban J connectivity index is 2.81. The Morgan fingerprint density at radius 3 is 2.71 bits per heavy atom. The van der Waals surface area contributed by atoms with Gasteiger partial charge in [0.25, 0.3) is 0 Å². The summed E-state index contributed by atoms with van der Waals surface area (Å²) in [6, 6.07) is -0.175. The molecule has 1 heterocycles. The van der Waals surface area contributed by atoms with Crippen LogP contribution in [0.25, 0.3) is 0 Å². The highest BCUT2D eigenvalue weighted by Gasteiger charge is 2.12. The van der Waals surface area contributed by atoms with Gasteiger partial charge in [0, 0.05) is 6.07 Å². The fraction of sp³-hybridized carbons (Fsp3) is 0.286. The number of hydrogen-bond acceptors (Lipinski definition) is 4. The number of anilines is 1. The molecule has 0 spiro atoms. The van der Waals surface area contributed by atoms with E-state index in [-0.39, 0.29) is 5.82 Å². The first-order valence-electron chi connectivity index (χ1n) is 3.68. The van der Waals surface area contributed by atoms with Crippen molar-refractivity contribution in [1.29, 1.82) is 0 Å². The lowest BCUT2D eigenvalue weighted by Gasteiger charge is -2.08. The molecule has 2 N–H and O–H groups in total. The van der Waals surface area contributed by atoms with Crippen molar-refractivity contribution in [3.8, 4) is 0 Å². The molecule has 76 valence electrons. The number of carbonyl (C=O) groups is 1. The predicted molar refractivity (Wildman–Crippen MR) is 42.7 cm³/mol. The van der Waals surface area contributed by atoms with Crippen molar-refractivity contribution in [2.24, 2.45) is 0 Å². The fourth-order valence-corrected chi connectivity index (χ4v) is 0.747. The first kappa shape index (κ1) is 10.3. The molecule has 5 nitrogen and oxygen atoms in total. The summed E-state index contributed by atoms with van der Waals surface area (Å²) in [4.78, 5) is 16.3. The van der Waals surface area contributed by atoms with Crippen molar-refractivity contribution >= 4 is 11.8 Å². The molecule has 7 heteroatoms. The minimum Gasteiger partial charge on any atom is -0.480 e. The molecule has 1 aromatic heterocycles. The van der Waals surface area contributed by atoms with E-state index >= 15 is 0 Å². The molecule has 0 bridgehead atoms. The second-order valence-electron chi connectivity index (χ2n) is 2.55. The molecular formula is C7H7F2N3O2. The van der Waals surface area contributed by atoms with E-state index in [0.29, 0.717) is 0 Å². The van der Waals surface area contributed by atoms with E-state index in [4.69, 9.17) is 5.11 Å². The highest BCUT2D eigenvalue weighted by Crippen LogP contribution is 2.06. The van der Waals surface area contributed by atoms with Crippen molar-refractivity contribution in [2.75, 3.05) is 5.32 Å². The summed E-state index contributed by atoms with van der Waals surface area (Å²) in [5.74, 6) is -2.41. The molecule has 0 fully saturated rings. The summed E-state index contributed by atoms with van der Waals surface area (Å²) in [7, 11) is 0. The van der Waals surface area contributed by atoms with E-state index in [2.05, 4.69) is 15.3 Å². The average molecular weight is 203 g/mol. The van der Waals surface area contributed by atoms with Gasteiger partial charge in [-0.3, -0.25) is 4.79 Å². The molecule has 0 radical (unpaired) electrons. The molecule has 0 amide bonds. The van der Waals surface area contributed by atoms with Gasteiger partial charge in [-0.05, 0) is 6.92 Å². The van der Waals surface area contributed by atoms with Crippen LogP contribution in [0.15, 0.2) is 6.07 Å². The summed E-state index contributed by atoms with van der Waals surface area (Å²) in [5.41, 5.74) is 0. The Bertz CT molecular complexity index is 339. The van der Waals surface area contributed by atoms with Crippen LogP contribution in [0.3, 0.4) is 0 Å². The lowest BCUT2D eigenvalue weighted by Crippen LogP contribution is -2.26. The van der Waals surface area contributed by atoms with Gasteiger partial charge >= 0.3 is 12.0 Å². The monoisotopic (exact) mass is 203 g/mol. The van der Waals surface area contributed by atoms with Crippen molar-refractivity contribution in [3.05, 3.63) is 18.1 Å². The number of aliphatic carboxylic acids is 1. The highest BCUT2D eigenvalue weighted by molar-refractivity contribution is 5.76. The average Bonchev–Trinajstić information content (AvgIpc) is 2.01. The predicted octanol–water partition coefficient (Wildman–Crippen LogP) is 0.640. The van der Waals surface area contributed by atoms with Crippen molar-refractivity contribution < 1.29 is 18.7 Å². The molecule has 14 heavy (non-hydrogen) atoms. The van der Waals surface area contributed by atoms with Crippen LogP contribution < -0.4 is 5.32 Å². The van der Waals surface area contributed by atoms with Gasteiger partial charge in [0.15, 0.2) is 0 Å². The number of rotatable bonds is 3. The zero-order valence-electron chi connectivity index (χ0n) is 7.16. The van der Waals surface area contributed by atoms with Gasteiger partial charge in [-0.15, -0.1) is 0 Å². The minimum absolute atomic E-state index is 0.204. The Morgan fingerprint density at radius 2 is 2.21 bits per heavy atom. The number of hydrogen-bond donors (Lipinski definition) is 2. The van der Waals surface area contributed by atoms with E-state index in [1.165, 1.54) is 6.92 Å². The van der Waals surface area contributed by atoms with Crippen LogP contribution in [0.1, 0.15) is 6.92 Å². The maximum absolute atomic E-state index is 12.5. The minimum atomic E-state index is -1.25. The third-order valence-corrected chi connectivity index (χ3v) is 1.40. The number of halogens is 2. The summed E-state index contributed by atoms with van der Waals surface area (Å²) >= 11 is 0. The molecule has 0 saturated carbocycles. The molecule has 0 aliphatic heterocycles. The van der Waals surface area contributed by atoms with E-state index in [9.17, 15) is 13.6 Å². The van der Waals surface area contributed by atoms with E-state index in [1.54, 1.807) is 0 Å². The zero-order chi connectivity index (χ0) is 10.7. The quantitative estimate of drug-likeness (QED) is 0.557. The van der Waals surface area contributed by atoms with Crippen molar-refractivity contribution in [1.82, 2.24) is 9.97 Å². The molecular weight excluding hydrogens is 196 g/mol. The summed E-state index contributed by atoms with van der Waals surface area (Å²) in [6.07, 6.45) is -1.25. The Kier molecular flexibility index (Phi) is 2.90. The summed E-state index contributed by atoms with van der Waals surface area (Å²) in [6.45, 7) is 1.32. The second kappa shape index (κ2) is 3.95. The van der Waals surface area contributed by atoms with Crippen LogP contribution in [0.4, 0.5) is 14.6 Å². The molecule has 0 aromatic carbocycles. The standard InChI is InChI=1S/C7H7F2N3O2/c1-3(6(13)14)10-5-2-4(8)11-7(9)12-5/h2-3H,1H3,(H,13,14)(H,10,11,12). The highest BCUT2D eigenvalue weighted by atomic mass is 19.1. The molecule has 0 aliphatic rings. The number of carboxylic acid groups (broad SMARTS) is 1. The smallest absolute Gasteiger partial charge is 0.325 e. The topological polar surface area (TPSA) is 75.1 Å². The van der Waals surface area contributed by atoms with Gasteiger partial charge in [0.1, 0.15) is 11.9 Å². The van der Waals surface area contributed by atoms with Crippen molar-refractivity contribution in [2.45, 2.75) is 13.0 Å². The van der Waals surface area contributed by atoms with Gasteiger partial charge in [0.2, 0.25) is 5.95 Å². The third kappa shape index (κ3) is 2.61. The molecule has 1 atom stereocenters. The van der Waals surface area contributed by atoms with Crippen molar-refractivity contribution in [3.63, 3.8) is 0 Å². The van der Waals surface area contributed by atoms with Crippen LogP contribution >= 0.6 is 0 Å². The van der Waals surface area contributed by atoms with E-state index in [0.717, 1.165) is 6.07 Å². The fourth-order valence-electron chi connectivity index (χ4n) is 0.747. The molecule has 0 saturated heterocycles. The molecule has 0 aliphatic carbocycles. The van der Waals surface area contributed by atoms with Crippen LogP contribution in [0.2, 0.25) is 0 Å². The van der Waals surface area contributed by atoms with Crippen LogP contribution in [0, 0.1) is 12.0 Å². The maximum Gasteiger partial charge on any atom is 0.325 e. The van der Waals surface area contributed by atoms with Gasteiger partial charge in [-0.2, -0.15) is 18.7 Å². The van der Waals surface area contributed by atoms with Gasteiger partial charge < -0.3 is 10.4 Å². The van der Waals surface area contributed by atoms with Gasteiger partial charge in [-0.25, -0.2) is 0 Å². The number of carboxylic acids is 1. The maximum atomic E-state index is 12.5. The lowest BCUT2D eigenvalue weighted by molar-refractivity contribution is -0.137. The normalized spacial score (nSPS) is 12.2. The Morgan fingerprint density at radius 1 is 1.57 bits per heavy atom. The number of nitrogens with one attached hydrogen (secondary N) is 1. The third-order valence-electron chi connectivity index (χ3n) is 1.40. The van der Waals surface area contributed by atoms with Crippen LogP contribution in [-0.2, 0) is 4.79 Å². The zero-order valence-corrected chi connectivity index (χ0v) is 7.16. The molecule has 1 unspecified atom stereocenters. The van der Waals surface area contributed by atoms with Gasteiger partial charge in [-0.1, -0.05) is 0 Å². The first-order chi connectivity index (χ1) is 6.49. The Labute approximate surface area is 77.8 Å².